The van der Waals surface area contributed by atoms with Crippen LogP contribution in [-0.2, 0) is 29.4 Å². The summed E-state index contributed by atoms with van der Waals surface area (Å²) in [6.07, 6.45) is 1.66. The van der Waals surface area contributed by atoms with E-state index in [4.69, 9.17) is 0 Å². The maximum atomic E-state index is 12.3. The molecule has 0 atom stereocenters. The molecular weight excluding hydrogens is 360 g/mol. The molecular formula is C15H20N6O2S2. The van der Waals surface area contributed by atoms with Gasteiger partial charge in [0, 0.05) is 27.7 Å². The van der Waals surface area contributed by atoms with Crippen molar-refractivity contribution in [2.75, 3.05) is 14.1 Å². The van der Waals surface area contributed by atoms with Crippen molar-refractivity contribution in [2.45, 2.75) is 29.3 Å². The summed E-state index contributed by atoms with van der Waals surface area (Å²) in [6, 6.07) is 5.08. The molecule has 0 fully saturated rings. The van der Waals surface area contributed by atoms with Crippen molar-refractivity contribution in [3.05, 3.63) is 30.4 Å². The van der Waals surface area contributed by atoms with E-state index in [-0.39, 0.29) is 4.90 Å². The zero-order chi connectivity index (χ0) is 18.2. The number of fused-ring (bicyclic) bond motifs is 1. The third kappa shape index (κ3) is 3.29. The highest BCUT2D eigenvalue weighted by Gasteiger charge is 2.19. The number of rotatable bonds is 6. The number of hydrogen-bond donors (Lipinski definition) is 0. The van der Waals surface area contributed by atoms with E-state index in [1.54, 1.807) is 30.2 Å². The van der Waals surface area contributed by atoms with Crippen LogP contribution in [0.15, 0.2) is 34.6 Å². The number of thioether (sulfide) groups is 1. The van der Waals surface area contributed by atoms with Gasteiger partial charge in [0.2, 0.25) is 10.0 Å². The van der Waals surface area contributed by atoms with Gasteiger partial charge in [0.05, 0.1) is 21.7 Å². The summed E-state index contributed by atoms with van der Waals surface area (Å²) >= 11 is 1.55. The number of imidazole rings is 1. The van der Waals surface area contributed by atoms with Crippen LogP contribution in [0.1, 0.15) is 12.7 Å². The Morgan fingerprint density at radius 2 is 2.04 bits per heavy atom. The lowest BCUT2D eigenvalue weighted by molar-refractivity contribution is 0.521. The first-order valence-electron chi connectivity index (χ1n) is 7.73. The Kier molecular flexibility index (Phi) is 4.85. The molecule has 0 aliphatic carbocycles. The Morgan fingerprint density at radius 1 is 1.28 bits per heavy atom. The first-order valence-corrected chi connectivity index (χ1v) is 10.2. The third-order valence-electron chi connectivity index (χ3n) is 3.89. The standard InChI is InChI=1S/C15H20N6O2S2/c1-5-21-13-7-6-11(25(22,23)19(2)3)8-12(13)17-14(21)9-24-15-18-16-10-20(15)4/h6-8,10H,5,9H2,1-4H3. The van der Waals surface area contributed by atoms with Crippen molar-refractivity contribution in [1.82, 2.24) is 28.6 Å². The lowest BCUT2D eigenvalue weighted by Gasteiger charge is -2.11. The van der Waals surface area contributed by atoms with E-state index >= 15 is 0 Å². The van der Waals surface area contributed by atoms with Crippen LogP contribution in [0.25, 0.3) is 11.0 Å². The van der Waals surface area contributed by atoms with Gasteiger partial charge < -0.3 is 9.13 Å². The van der Waals surface area contributed by atoms with Crippen LogP contribution in [-0.4, -0.2) is 51.1 Å². The van der Waals surface area contributed by atoms with E-state index in [1.165, 1.54) is 18.4 Å². The van der Waals surface area contributed by atoms with E-state index in [2.05, 4.69) is 19.7 Å². The number of hydrogen-bond acceptors (Lipinski definition) is 6. The van der Waals surface area contributed by atoms with Gasteiger partial charge in [0.1, 0.15) is 12.2 Å². The Bertz CT molecular complexity index is 1010. The topological polar surface area (TPSA) is 85.9 Å². The van der Waals surface area contributed by atoms with E-state index < -0.39 is 10.0 Å². The molecule has 0 N–H and O–H groups in total. The van der Waals surface area contributed by atoms with E-state index in [0.29, 0.717) is 11.3 Å². The van der Waals surface area contributed by atoms with Gasteiger partial charge in [-0.2, -0.15) is 0 Å². The monoisotopic (exact) mass is 380 g/mol. The van der Waals surface area contributed by atoms with Crippen LogP contribution in [0.4, 0.5) is 0 Å². The molecule has 0 unspecified atom stereocenters. The molecule has 0 saturated carbocycles. The fourth-order valence-electron chi connectivity index (χ4n) is 2.53. The second kappa shape index (κ2) is 6.77. The highest BCUT2D eigenvalue weighted by Crippen LogP contribution is 2.25. The maximum Gasteiger partial charge on any atom is 0.242 e. The van der Waals surface area contributed by atoms with Crippen LogP contribution in [0.3, 0.4) is 0 Å². The average molecular weight is 380 g/mol. The molecule has 0 spiro atoms. The molecule has 0 radical (unpaired) electrons. The molecule has 1 aromatic carbocycles. The van der Waals surface area contributed by atoms with Crippen LogP contribution in [0.5, 0.6) is 0 Å². The molecule has 3 rings (SSSR count). The Morgan fingerprint density at radius 3 is 2.64 bits per heavy atom. The van der Waals surface area contributed by atoms with E-state index in [1.807, 2.05) is 24.6 Å². The highest BCUT2D eigenvalue weighted by atomic mass is 32.2. The van der Waals surface area contributed by atoms with Gasteiger partial charge in [0.25, 0.3) is 0 Å². The molecule has 0 amide bonds. The van der Waals surface area contributed by atoms with E-state index in [0.717, 1.165) is 23.0 Å². The molecule has 2 aromatic heterocycles. The van der Waals surface area contributed by atoms with Crippen molar-refractivity contribution in [1.29, 1.82) is 0 Å². The number of aromatic nitrogens is 5. The molecule has 10 heteroatoms. The number of benzene rings is 1. The number of aryl methyl sites for hydroxylation is 2. The van der Waals surface area contributed by atoms with Gasteiger partial charge in [-0.05, 0) is 25.1 Å². The number of sulfonamides is 1. The number of nitrogens with zero attached hydrogens (tertiary/aromatic N) is 6. The summed E-state index contributed by atoms with van der Waals surface area (Å²) in [7, 11) is 1.46. The van der Waals surface area contributed by atoms with Gasteiger partial charge in [0.15, 0.2) is 5.16 Å². The van der Waals surface area contributed by atoms with Crippen LogP contribution >= 0.6 is 11.8 Å². The van der Waals surface area contributed by atoms with Crippen molar-refractivity contribution < 1.29 is 8.42 Å². The predicted molar refractivity (Wildman–Crippen MR) is 96.8 cm³/mol. The zero-order valence-corrected chi connectivity index (χ0v) is 16.2. The molecule has 25 heavy (non-hydrogen) atoms. The van der Waals surface area contributed by atoms with Gasteiger partial charge in [-0.15, -0.1) is 10.2 Å². The van der Waals surface area contributed by atoms with Crippen molar-refractivity contribution in [3.63, 3.8) is 0 Å². The van der Waals surface area contributed by atoms with Gasteiger partial charge >= 0.3 is 0 Å². The first kappa shape index (κ1) is 17.9. The van der Waals surface area contributed by atoms with Gasteiger partial charge in [-0.3, -0.25) is 0 Å². The van der Waals surface area contributed by atoms with Crippen LogP contribution in [0.2, 0.25) is 0 Å². The molecule has 8 nitrogen and oxygen atoms in total. The second-order valence-electron chi connectivity index (χ2n) is 5.72. The lowest BCUT2D eigenvalue weighted by atomic mass is 10.3. The van der Waals surface area contributed by atoms with Gasteiger partial charge in [-0.25, -0.2) is 17.7 Å². The highest BCUT2D eigenvalue weighted by molar-refractivity contribution is 7.98. The molecule has 0 bridgehead atoms. The van der Waals surface area contributed by atoms with Crippen LogP contribution < -0.4 is 0 Å². The second-order valence-corrected chi connectivity index (χ2v) is 8.82. The molecule has 134 valence electrons. The molecule has 0 aliphatic heterocycles. The zero-order valence-electron chi connectivity index (χ0n) is 14.5. The van der Waals surface area contributed by atoms with Crippen LogP contribution in [0, 0.1) is 0 Å². The summed E-state index contributed by atoms with van der Waals surface area (Å²) in [6.45, 7) is 2.80. The summed E-state index contributed by atoms with van der Waals surface area (Å²) in [5.74, 6) is 1.51. The minimum Gasteiger partial charge on any atom is -0.328 e. The van der Waals surface area contributed by atoms with E-state index in [9.17, 15) is 8.42 Å². The Labute approximate surface area is 150 Å². The van der Waals surface area contributed by atoms with Crippen molar-refractivity contribution in [3.8, 4) is 0 Å². The minimum absolute atomic E-state index is 0.248. The summed E-state index contributed by atoms with van der Waals surface area (Å²) in [5.41, 5.74) is 1.60. The Hall–Kier alpha value is -1.91. The predicted octanol–water partition coefficient (Wildman–Crippen LogP) is 1.73. The minimum atomic E-state index is -3.47. The lowest BCUT2D eigenvalue weighted by Crippen LogP contribution is -2.22. The molecule has 2 heterocycles. The average Bonchev–Trinajstić information content (AvgIpc) is 3.14. The fraction of sp³-hybridized carbons (Fsp3) is 0.400. The Balaban J connectivity index is 1.98. The fourth-order valence-corrected chi connectivity index (χ4v) is 4.28. The largest absolute Gasteiger partial charge is 0.328 e. The molecule has 3 aromatic rings. The summed E-state index contributed by atoms with van der Waals surface area (Å²) < 4.78 is 29.8. The van der Waals surface area contributed by atoms with Crippen molar-refractivity contribution in [2.24, 2.45) is 7.05 Å². The smallest absolute Gasteiger partial charge is 0.242 e. The molecule has 0 aliphatic rings. The quantitative estimate of drug-likeness (QED) is 0.606. The maximum absolute atomic E-state index is 12.3. The summed E-state index contributed by atoms with van der Waals surface area (Å²) in [5, 5.41) is 8.74. The van der Waals surface area contributed by atoms with Crippen molar-refractivity contribution >= 4 is 32.8 Å². The normalized spacial score (nSPS) is 12.4. The SMILES string of the molecule is CCn1c(CSc2nncn2C)nc2cc(S(=O)(=O)N(C)C)ccc21. The first-order chi connectivity index (χ1) is 11.8. The third-order valence-corrected chi connectivity index (χ3v) is 6.74. The summed E-state index contributed by atoms with van der Waals surface area (Å²) in [4.78, 5) is 4.90. The molecule has 0 saturated heterocycles. The van der Waals surface area contributed by atoms with Gasteiger partial charge in [-0.1, -0.05) is 11.8 Å².